The monoisotopic (exact) mass is 983 g/mol. The molecule has 0 aromatic carbocycles. The molecule has 0 aliphatic carbocycles. The Labute approximate surface area is 437 Å². The summed E-state index contributed by atoms with van der Waals surface area (Å²) >= 11 is 0. The number of hydrogen-bond acceptors (Lipinski definition) is 6. The average Bonchev–Trinajstić information content (AvgIpc) is 3.37. The Morgan fingerprint density at radius 1 is 0.296 bits per heavy atom. The van der Waals surface area contributed by atoms with Gasteiger partial charge in [0.05, 0.1) is 0 Å². The number of carbonyl (C=O) groups excluding carboxylic acids is 3. The molecule has 0 spiro atoms. The predicted octanol–water partition coefficient (Wildman–Crippen LogP) is 19.6. The summed E-state index contributed by atoms with van der Waals surface area (Å²) in [5, 5.41) is 0. The Morgan fingerprint density at radius 3 is 0.873 bits per heavy atom. The van der Waals surface area contributed by atoms with Gasteiger partial charge in [0, 0.05) is 19.3 Å². The van der Waals surface area contributed by atoms with Gasteiger partial charge in [0.1, 0.15) is 13.2 Å². The van der Waals surface area contributed by atoms with E-state index in [2.05, 4.69) is 142 Å². The zero-order chi connectivity index (χ0) is 51.4. The summed E-state index contributed by atoms with van der Waals surface area (Å²) in [6.45, 7) is 6.37. The average molecular weight is 984 g/mol. The minimum absolute atomic E-state index is 0.0968. The molecule has 6 heteroatoms. The van der Waals surface area contributed by atoms with Crippen molar-refractivity contribution < 1.29 is 28.6 Å². The zero-order valence-electron chi connectivity index (χ0n) is 45.9. The van der Waals surface area contributed by atoms with Crippen molar-refractivity contribution in [1.82, 2.24) is 0 Å². The first kappa shape index (κ1) is 66.8. The van der Waals surface area contributed by atoms with E-state index in [9.17, 15) is 14.4 Å². The van der Waals surface area contributed by atoms with Crippen LogP contribution in [0.25, 0.3) is 0 Å². The van der Waals surface area contributed by atoms with E-state index in [1.165, 1.54) is 64.2 Å². The SMILES string of the molecule is CC/C=C\C/C=C\C/C=C\C/C=C\C/C=C\C/C=C\C/C=C\CCCCCC(=O)OCC(COC(=O)CCCCCCCCCCCCCCC)OC(=O)CCCCCCC/C=C\C/C=C\C/C=C\CC. The largest absolute Gasteiger partial charge is 0.462 e. The van der Waals surface area contributed by atoms with Gasteiger partial charge in [0.2, 0.25) is 0 Å². The minimum Gasteiger partial charge on any atom is -0.462 e. The first-order chi connectivity index (χ1) is 35.0. The molecule has 402 valence electrons. The zero-order valence-corrected chi connectivity index (χ0v) is 45.9. The number of esters is 3. The van der Waals surface area contributed by atoms with Gasteiger partial charge in [-0.15, -0.1) is 0 Å². The molecule has 1 unspecified atom stereocenters. The molecule has 1 atom stereocenters. The molecule has 0 aliphatic heterocycles. The van der Waals surface area contributed by atoms with E-state index >= 15 is 0 Å². The van der Waals surface area contributed by atoms with Crippen molar-refractivity contribution in [3.05, 3.63) is 122 Å². The summed E-state index contributed by atoms with van der Waals surface area (Å²) in [7, 11) is 0. The smallest absolute Gasteiger partial charge is 0.306 e. The van der Waals surface area contributed by atoms with Crippen LogP contribution in [0.1, 0.15) is 252 Å². The van der Waals surface area contributed by atoms with Crippen molar-refractivity contribution >= 4 is 17.9 Å². The Morgan fingerprint density at radius 2 is 0.549 bits per heavy atom. The van der Waals surface area contributed by atoms with Crippen LogP contribution in [0.5, 0.6) is 0 Å². The third-order valence-electron chi connectivity index (χ3n) is 12.0. The molecular weight excluding hydrogens is 877 g/mol. The first-order valence-electron chi connectivity index (χ1n) is 29.0. The normalized spacial score (nSPS) is 13.0. The molecule has 71 heavy (non-hydrogen) atoms. The highest BCUT2D eigenvalue weighted by Gasteiger charge is 2.19. The summed E-state index contributed by atoms with van der Waals surface area (Å²) in [6.07, 6.45) is 80.5. The van der Waals surface area contributed by atoms with Crippen molar-refractivity contribution in [3.63, 3.8) is 0 Å². The highest BCUT2D eigenvalue weighted by Crippen LogP contribution is 2.15. The van der Waals surface area contributed by atoms with E-state index in [1.54, 1.807) is 0 Å². The highest BCUT2D eigenvalue weighted by molar-refractivity contribution is 5.71. The molecule has 0 aromatic heterocycles. The number of hydrogen-bond donors (Lipinski definition) is 0. The second-order valence-corrected chi connectivity index (χ2v) is 18.8. The number of allylic oxidation sites excluding steroid dienone is 20. The van der Waals surface area contributed by atoms with Gasteiger partial charge in [0.25, 0.3) is 0 Å². The van der Waals surface area contributed by atoms with Gasteiger partial charge in [-0.3, -0.25) is 14.4 Å². The Hall–Kier alpha value is -4.19. The maximum absolute atomic E-state index is 12.8. The van der Waals surface area contributed by atoms with Crippen molar-refractivity contribution in [2.75, 3.05) is 13.2 Å². The summed E-state index contributed by atoms with van der Waals surface area (Å²) in [4.78, 5) is 38.1. The van der Waals surface area contributed by atoms with Gasteiger partial charge in [-0.05, 0) is 109 Å². The number of unbranched alkanes of at least 4 members (excludes halogenated alkanes) is 20. The maximum Gasteiger partial charge on any atom is 0.306 e. The molecule has 0 rings (SSSR count). The van der Waals surface area contributed by atoms with Gasteiger partial charge in [0.15, 0.2) is 6.10 Å². The van der Waals surface area contributed by atoms with E-state index in [-0.39, 0.29) is 31.1 Å². The Bertz CT molecular complexity index is 1500. The number of carbonyl (C=O) groups is 3. The lowest BCUT2D eigenvalue weighted by Gasteiger charge is -2.18. The third-order valence-corrected chi connectivity index (χ3v) is 12.0. The molecule has 6 nitrogen and oxygen atoms in total. The Balaban J connectivity index is 4.44. The lowest BCUT2D eigenvalue weighted by atomic mass is 10.0. The lowest BCUT2D eigenvalue weighted by molar-refractivity contribution is -0.167. The molecule has 0 aliphatic rings. The molecule has 0 saturated heterocycles. The summed E-state index contributed by atoms with van der Waals surface area (Å²) < 4.78 is 16.8. The van der Waals surface area contributed by atoms with E-state index in [0.717, 1.165) is 148 Å². The Kier molecular flexibility index (Phi) is 54.9. The molecule has 0 amide bonds. The van der Waals surface area contributed by atoms with Gasteiger partial charge in [-0.1, -0.05) is 245 Å². The van der Waals surface area contributed by atoms with E-state index in [4.69, 9.17) is 14.2 Å². The maximum atomic E-state index is 12.8. The summed E-state index contributed by atoms with van der Waals surface area (Å²) in [6, 6.07) is 0. The van der Waals surface area contributed by atoms with Crippen LogP contribution in [0.15, 0.2) is 122 Å². The van der Waals surface area contributed by atoms with Crippen LogP contribution in [-0.2, 0) is 28.6 Å². The van der Waals surface area contributed by atoms with Gasteiger partial charge < -0.3 is 14.2 Å². The highest BCUT2D eigenvalue weighted by atomic mass is 16.6. The standard InChI is InChI=1S/C65H106O6/c1-4-7-10-13-16-19-22-25-27-28-29-30-31-32-33-34-35-36-38-40-43-46-49-52-55-58-64(67)70-61-62(60-69-63(66)57-54-51-48-45-42-39-24-21-18-15-12-9-6-3)71-65(68)59-56-53-50-47-44-41-37-26-23-20-17-14-11-8-5-2/h7-8,10-11,16-17,19-20,25-27,29-30,32-33,35-37,40,43,62H,4-6,9,12-15,18,21-24,28,31,34,38-39,41-42,44-61H2,1-3H3/b10-7-,11-8-,19-16-,20-17-,27-25-,30-29-,33-32-,36-35-,37-26-,43-40-. The van der Waals surface area contributed by atoms with Crippen molar-refractivity contribution in [2.24, 2.45) is 0 Å². The third kappa shape index (κ3) is 56.6. The van der Waals surface area contributed by atoms with Crippen LogP contribution in [0, 0.1) is 0 Å². The molecule has 0 fully saturated rings. The fourth-order valence-corrected chi connectivity index (χ4v) is 7.67. The first-order valence-corrected chi connectivity index (χ1v) is 29.0. The van der Waals surface area contributed by atoms with Crippen molar-refractivity contribution in [1.29, 1.82) is 0 Å². The fourth-order valence-electron chi connectivity index (χ4n) is 7.67. The predicted molar refractivity (Wildman–Crippen MR) is 306 cm³/mol. The van der Waals surface area contributed by atoms with E-state index in [0.29, 0.717) is 19.3 Å². The number of rotatable bonds is 51. The van der Waals surface area contributed by atoms with Crippen LogP contribution >= 0.6 is 0 Å². The van der Waals surface area contributed by atoms with E-state index < -0.39 is 6.10 Å². The molecule has 0 bridgehead atoms. The molecule has 0 saturated carbocycles. The fraction of sp³-hybridized carbons (Fsp3) is 0.646. The molecular formula is C65H106O6. The van der Waals surface area contributed by atoms with Crippen LogP contribution in [0.2, 0.25) is 0 Å². The van der Waals surface area contributed by atoms with Crippen LogP contribution in [-0.4, -0.2) is 37.2 Å². The second-order valence-electron chi connectivity index (χ2n) is 18.8. The van der Waals surface area contributed by atoms with Gasteiger partial charge in [-0.25, -0.2) is 0 Å². The van der Waals surface area contributed by atoms with Crippen molar-refractivity contribution in [2.45, 2.75) is 258 Å². The topological polar surface area (TPSA) is 78.9 Å². The summed E-state index contributed by atoms with van der Waals surface area (Å²) in [5.74, 6) is -0.949. The van der Waals surface area contributed by atoms with Gasteiger partial charge >= 0.3 is 17.9 Å². The summed E-state index contributed by atoms with van der Waals surface area (Å²) in [5.41, 5.74) is 0. The van der Waals surface area contributed by atoms with Crippen molar-refractivity contribution in [3.8, 4) is 0 Å². The molecule has 0 N–H and O–H groups in total. The van der Waals surface area contributed by atoms with Crippen LogP contribution in [0.3, 0.4) is 0 Å². The quantitative estimate of drug-likeness (QED) is 0.0261. The second kappa shape index (κ2) is 58.4. The molecule has 0 aromatic rings. The number of ether oxygens (including phenoxy) is 3. The molecule has 0 heterocycles. The lowest BCUT2D eigenvalue weighted by Crippen LogP contribution is -2.30. The minimum atomic E-state index is -0.803. The van der Waals surface area contributed by atoms with E-state index in [1.807, 2.05) is 0 Å². The van der Waals surface area contributed by atoms with Crippen LogP contribution < -0.4 is 0 Å². The molecule has 0 radical (unpaired) electrons. The van der Waals surface area contributed by atoms with Crippen LogP contribution in [0.4, 0.5) is 0 Å². The van der Waals surface area contributed by atoms with Gasteiger partial charge in [-0.2, -0.15) is 0 Å².